The molecule has 0 aliphatic carbocycles. The highest BCUT2D eigenvalue weighted by Gasteiger charge is 2.46. The second-order valence-electron chi connectivity index (χ2n) is 6.52. The van der Waals surface area contributed by atoms with Gasteiger partial charge in [-0.3, -0.25) is 4.79 Å². The summed E-state index contributed by atoms with van der Waals surface area (Å²) in [6.07, 6.45) is -5.07. The summed E-state index contributed by atoms with van der Waals surface area (Å²) < 4.78 is 50.6. The smallest absolute Gasteiger partial charge is 0.337 e. The van der Waals surface area contributed by atoms with E-state index in [-0.39, 0.29) is 17.8 Å². The molecule has 0 unspecified atom stereocenters. The van der Waals surface area contributed by atoms with E-state index in [0.29, 0.717) is 25.9 Å². The number of fused-ring (bicyclic) bond motifs is 1. The number of hydrogen-bond donors (Lipinski definition) is 1. The molecule has 2 fully saturated rings. The Bertz CT molecular complexity index is 695. The van der Waals surface area contributed by atoms with Gasteiger partial charge in [0.2, 0.25) is 5.91 Å². The van der Waals surface area contributed by atoms with Crippen LogP contribution in [0.3, 0.4) is 0 Å². The standard InChI is InChI=1S/C17H19F4N3O2/c18-11-3-1-2-4-12(11)22-16(26)24-10-7-13-14(24)6-9-23(13)15(25)5-8-17(19,20)21/h1-4,13-14H,5-10H2,(H,22,26)/t13-,14-/m0/s1. The van der Waals surface area contributed by atoms with E-state index in [9.17, 15) is 27.2 Å². The topological polar surface area (TPSA) is 52.7 Å². The fourth-order valence-corrected chi connectivity index (χ4v) is 3.69. The van der Waals surface area contributed by atoms with Gasteiger partial charge in [0.25, 0.3) is 0 Å². The molecule has 9 heteroatoms. The van der Waals surface area contributed by atoms with Crippen LogP contribution in [-0.4, -0.2) is 53.1 Å². The molecule has 2 aliphatic heterocycles. The van der Waals surface area contributed by atoms with Gasteiger partial charge in [0.05, 0.1) is 24.2 Å². The molecule has 5 nitrogen and oxygen atoms in total. The van der Waals surface area contributed by atoms with Gasteiger partial charge in [0, 0.05) is 19.5 Å². The van der Waals surface area contributed by atoms with Crippen molar-refractivity contribution in [2.45, 2.75) is 43.9 Å². The Balaban J connectivity index is 1.60. The number of nitrogens with zero attached hydrogens (tertiary/aromatic N) is 2. The molecule has 1 aromatic carbocycles. The molecule has 2 atom stereocenters. The number of alkyl halides is 3. The zero-order chi connectivity index (χ0) is 18.9. The van der Waals surface area contributed by atoms with Gasteiger partial charge in [-0.25, -0.2) is 9.18 Å². The summed E-state index contributed by atoms with van der Waals surface area (Å²) in [5.74, 6) is -1.09. The van der Waals surface area contributed by atoms with Crippen molar-refractivity contribution in [3.63, 3.8) is 0 Å². The quantitative estimate of drug-likeness (QED) is 0.826. The van der Waals surface area contributed by atoms with E-state index in [1.807, 2.05) is 0 Å². The first-order valence-electron chi connectivity index (χ1n) is 8.44. The van der Waals surface area contributed by atoms with Crippen molar-refractivity contribution in [3.05, 3.63) is 30.1 Å². The van der Waals surface area contributed by atoms with Crippen LogP contribution in [0.5, 0.6) is 0 Å². The van der Waals surface area contributed by atoms with E-state index >= 15 is 0 Å². The summed E-state index contributed by atoms with van der Waals surface area (Å²) in [5, 5.41) is 2.51. The second-order valence-corrected chi connectivity index (χ2v) is 6.52. The molecule has 2 aliphatic rings. The van der Waals surface area contributed by atoms with Crippen LogP contribution in [0.1, 0.15) is 25.7 Å². The number of carbonyl (C=O) groups excluding carboxylic acids is 2. The zero-order valence-corrected chi connectivity index (χ0v) is 13.9. The van der Waals surface area contributed by atoms with Crippen LogP contribution in [0.2, 0.25) is 0 Å². The maximum atomic E-state index is 13.7. The van der Waals surface area contributed by atoms with Crippen molar-refractivity contribution in [1.29, 1.82) is 0 Å². The molecule has 3 amide bonds. The normalized spacial score (nSPS) is 22.5. The predicted octanol–water partition coefficient (Wildman–Crippen LogP) is 3.38. The zero-order valence-electron chi connectivity index (χ0n) is 13.9. The third kappa shape index (κ3) is 3.91. The van der Waals surface area contributed by atoms with Crippen molar-refractivity contribution in [1.82, 2.24) is 9.80 Å². The van der Waals surface area contributed by atoms with E-state index in [2.05, 4.69) is 5.32 Å². The highest BCUT2D eigenvalue weighted by atomic mass is 19.4. The maximum absolute atomic E-state index is 13.7. The van der Waals surface area contributed by atoms with Crippen LogP contribution < -0.4 is 5.32 Å². The molecule has 0 spiro atoms. The van der Waals surface area contributed by atoms with Crippen LogP contribution in [0, 0.1) is 5.82 Å². The first-order valence-corrected chi connectivity index (χ1v) is 8.44. The van der Waals surface area contributed by atoms with E-state index in [0.717, 1.165) is 0 Å². The average molecular weight is 373 g/mol. The highest BCUT2D eigenvalue weighted by molar-refractivity contribution is 5.90. The van der Waals surface area contributed by atoms with Crippen molar-refractivity contribution >= 4 is 17.6 Å². The summed E-state index contributed by atoms with van der Waals surface area (Å²) in [6, 6.07) is 4.80. The Morgan fingerprint density at radius 3 is 2.35 bits per heavy atom. The van der Waals surface area contributed by atoms with Gasteiger partial charge >= 0.3 is 12.2 Å². The van der Waals surface area contributed by atoms with Crippen LogP contribution in [0.25, 0.3) is 0 Å². The molecule has 2 heterocycles. The Morgan fingerprint density at radius 1 is 1.08 bits per heavy atom. The van der Waals surface area contributed by atoms with Crippen molar-refractivity contribution < 1.29 is 27.2 Å². The summed E-state index contributed by atoms with van der Waals surface area (Å²) >= 11 is 0. The van der Waals surface area contributed by atoms with Crippen LogP contribution >= 0.6 is 0 Å². The summed E-state index contributed by atoms with van der Waals surface area (Å²) in [6.45, 7) is 0.703. The first kappa shape index (κ1) is 18.5. The average Bonchev–Trinajstić information content (AvgIpc) is 3.15. The summed E-state index contributed by atoms with van der Waals surface area (Å²) in [4.78, 5) is 27.5. The number of anilines is 1. The minimum Gasteiger partial charge on any atom is -0.337 e. The largest absolute Gasteiger partial charge is 0.389 e. The molecule has 1 aromatic rings. The van der Waals surface area contributed by atoms with Crippen molar-refractivity contribution in [2.24, 2.45) is 0 Å². The fraction of sp³-hybridized carbons (Fsp3) is 0.529. The SMILES string of the molecule is O=C(CCC(F)(F)F)N1CC[C@H]2[C@@H]1CCN2C(=O)Nc1ccccc1F. The van der Waals surface area contributed by atoms with Crippen LogP contribution in [0.4, 0.5) is 28.0 Å². The van der Waals surface area contributed by atoms with Crippen LogP contribution in [-0.2, 0) is 4.79 Å². The summed E-state index contributed by atoms with van der Waals surface area (Å²) in [5.41, 5.74) is 0.0667. The molecule has 142 valence electrons. The number of hydrogen-bond acceptors (Lipinski definition) is 2. The maximum Gasteiger partial charge on any atom is 0.389 e. The molecule has 3 rings (SSSR count). The lowest BCUT2D eigenvalue weighted by Crippen LogP contribution is -2.43. The second kappa shape index (κ2) is 7.13. The van der Waals surface area contributed by atoms with Gasteiger partial charge in [-0.1, -0.05) is 12.1 Å². The van der Waals surface area contributed by atoms with E-state index in [1.54, 1.807) is 6.07 Å². The van der Waals surface area contributed by atoms with Crippen molar-refractivity contribution in [2.75, 3.05) is 18.4 Å². The lowest BCUT2D eigenvalue weighted by Gasteiger charge is -2.26. The minimum atomic E-state index is -4.36. The van der Waals surface area contributed by atoms with Gasteiger partial charge in [0.1, 0.15) is 5.82 Å². The molecule has 0 radical (unpaired) electrons. The Hall–Kier alpha value is -2.32. The monoisotopic (exact) mass is 373 g/mol. The van der Waals surface area contributed by atoms with E-state index in [4.69, 9.17) is 0 Å². The summed E-state index contributed by atoms with van der Waals surface area (Å²) in [7, 11) is 0. The predicted molar refractivity (Wildman–Crippen MR) is 85.9 cm³/mol. The highest BCUT2D eigenvalue weighted by Crippen LogP contribution is 2.33. The Morgan fingerprint density at radius 2 is 1.69 bits per heavy atom. The molecule has 0 saturated carbocycles. The molecule has 2 saturated heterocycles. The minimum absolute atomic E-state index is 0.0667. The third-order valence-corrected chi connectivity index (χ3v) is 4.90. The van der Waals surface area contributed by atoms with E-state index < -0.39 is 36.8 Å². The molecule has 1 N–H and O–H groups in total. The fourth-order valence-electron chi connectivity index (χ4n) is 3.69. The van der Waals surface area contributed by atoms with Gasteiger partial charge in [0.15, 0.2) is 0 Å². The number of nitrogens with one attached hydrogen (secondary N) is 1. The Kier molecular flexibility index (Phi) is 5.06. The lowest BCUT2D eigenvalue weighted by atomic mass is 10.1. The van der Waals surface area contributed by atoms with Crippen LogP contribution in [0.15, 0.2) is 24.3 Å². The Labute approximate surface area is 147 Å². The number of halogens is 4. The lowest BCUT2D eigenvalue weighted by molar-refractivity contribution is -0.149. The first-order chi connectivity index (χ1) is 12.3. The van der Waals surface area contributed by atoms with Gasteiger partial charge in [-0.05, 0) is 25.0 Å². The molecule has 0 aromatic heterocycles. The number of urea groups is 1. The van der Waals surface area contributed by atoms with Gasteiger partial charge < -0.3 is 15.1 Å². The number of benzene rings is 1. The number of carbonyl (C=O) groups is 2. The number of rotatable bonds is 3. The van der Waals surface area contributed by atoms with Gasteiger partial charge in [-0.15, -0.1) is 0 Å². The van der Waals surface area contributed by atoms with Gasteiger partial charge in [-0.2, -0.15) is 13.2 Å². The molecular weight excluding hydrogens is 354 g/mol. The van der Waals surface area contributed by atoms with E-state index in [1.165, 1.54) is 28.0 Å². The number of amides is 3. The molecule has 26 heavy (non-hydrogen) atoms. The van der Waals surface area contributed by atoms with Crippen molar-refractivity contribution in [3.8, 4) is 0 Å². The number of likely N-dealkylation sites (tertiary alicyclic amines) is 2. The molecular formula is C17H19F4N3O2. The molecule has 0 bridgehead atoms. The number of para-hydroxylation sites is 1. The third-order valence-electron chi connectivity index (χ3n) is 4.90.